The zero-order valence-electron chi connectivity index (χ0n) is 19.8. The molecule has 1 aliphatic carbocycles. The molecule has 184 valence electrons. The molecule has 1 atom stereocenters. The quantitative estimate of drug-likeness (QED) is 0.591. The standard InChI is InChI=1S/C22H37N7O3S/c1-19(21(30)27-11-13-28(14-12-27)22-23-9-6-10-24-22)26-15-17-29(18-16-26)33(31,32)25(2)20-7-4-3-5-8-20/h6,9-10,19-20H,3-5,7-8,11-18H2,1-2H3. The summed E-state index contributed by atoms with van der Waals surface area (Å²) in [5.74, 6) is 0.812. The Bertz CT molecular complexity index is 879. The van der Waals surface area contributed by atoms with E-state index in [-0.39, 0.29) is 18.0 Å². The molecule has 1 aromatic heterocycles. The molecule has 10 nitrogen and oxygen atoms in total. The molecule has 2 aliphatic heterocycles. The van der Waals surface area contributed by atoms with Gasteiger partial charge in [0.15, 0.2) is 0 Å². The number of carbonyl (C=O) groups excluding carboxylic acids is 1. The first kappa shape index (κ1) is 24.3. The maximum Gasteiger partial charge on any atom is 0.282 e. The molecule has 33 heavy (non-hydrogen) atoms. The molecule has 1 amide bonds. The van der Waals surface area contributed by atoms with Gasteiger partial charge in [-0.3, -0.25) is 9.69 Å². The summed E-state index contributed by atoms with van der Waals surface area (Å²) in [7, 11) is -1.73. The van der Waals surface area contributed by atoms with Crippen LogP contribution in [-0.4, -0.2) is 114 Å². The molecule has 1 unspecified atom stereocenters. The highest BCUT2D eigenvalue weighted by molar-refractivity contribution is 7.86. The van der Waals surface area contributed by atoms with E-state index in [1.165, 1.54) is 6.42 Å². The fourth-order valence-corrected chi connectivity index (χ4v) is 6.72. The van der Waals surface area contributed by atoms with Crippen LogP contribution in [0.5, 0.6) is 0 Å². The number of aromatic nitrogens is 2. The summed E-state index contributed by atoms with van der Waals surface area (Å²) in [6.45, 7) is 6.64. The highest BCUT2D eigenvalue weighted by atomic mass is 32.2. The summed E-state index contributed by atoms with van der Waals surface area (Å²) in [4.78, 5) is 27.8. The zero-order valence-corrected chi connectivity index (χ0v) is 20.7. The Balaban J connectivity index is 1.26. The third-order valence-corrected chi connectivity index (χ3v) is 9.43. The minimum Gasteiger partial charge on any atom is -0.338 e. The van der Waals surface area contributed by atoms with Crippen LogP contribution in [0.25, 0.3) is 0 Å². The van der Waals surface area contributed by atoms with Gasteiger partial charge in [-0.05, 0) is 25.8 Å². The number of piperazine rings is 2. The summed E-state index contributed by atoms with van der Waals surface area (Å²) in [6, 6.07) is 1.65. The predicted molar refractivity (Wildman–Crippen MR) is 127 cm³/mol. The normalized spacial score (nSPS) is 23.1. The number of hydrogen-bond acceptors (Lipinski definition) is 7. The summed E-state index contributed by atoms with van der Waals surface area (Å²) >= 11 is 0. The van der Waals surface area contributed by atoms with Crippen molar-refractivity contribution in [1.29, 1.82) is 0 Å². The van der Waals surface area contributed by atoms with Crippen LogP contribution in [0, 0.1) is 0 Å². The number of anilines is 1. The minimum absolute atomic E-state index is 0.110. The van der Waals surface area contributed by atoms with Gasteiger partial charge in [0.2, 0.25) is 11.9 Å². The van der Waals surface area contributed by atoms with Crippen LogP contribution in [-0.2, 0) is 15.0 Å². The van der Waals surface area contributed by atoms with Crippen LogP contribution >= 0.6 is 0 Å². The third kappa shape index (κ3) is 5.47. The van der Waals surface area contributed by atoms with Gasteiger partial charge < -0.3 is 9.80 Å². The molecule has 0 radical (unpaired) electrons. The second-order valence-corrected chi connectivity index (χ2v) is 11.3. The number of amides is 1. The first-order chi connectivity index (χ1) is 15.9. The van der Waals surface area contributed by atoms with Crippen molar-refractivity contribution in [2.75, 3.05) is 64.3 Å². The summed E-state index contributed by atoms with van der Waals surface area (Å²) in [5.41, 5.74) is 0. The molecular formula is C22H37N7O3S. The molecule has 1 saturated carbocycles. The highest BCUT2D eigenvalue weighted by Gasteiger charge is 2.37. The number of hydrogen-bond donors (Lipinski definition) is 0. The fraction of sp³-hybridized carbons (Fsp3) is 0.773. The van der Waals surface area contributed by atoms with Crippen molar-refractivity contribution in [3.63, 3.8) is 0 Å². The molecule has 11 heteroatoms. The number of carbonyl (C=O) groups is 1. The summed E-state index contributed by atoms with van der Waals surface area (Å²) < 4.78 is 29.4. The second kappa shape index (κ2) is 10.6. The van der Waals surface area contributed by atoms with Gasteiger partial charge in [0.05, 0.1) is 6.04 Å². The van der Waals surface area contributed by atoms with Crippen molar-refractivity contribution in [3.05, 3.63) is 18.5 Å². The number of rotatable bonds is 6. The lowest BCUT2D eigenvalue weighted by Crippen LogP contribution is -2.59. The monoisotopic (exact) mass is 479 g/mol. The van der Waals surface area contributed by atoms with Gasteiger partial charge in [0.25, 0.3) is 10.2 Å². The average molecular weight is 480 g/mol. The Morgan fingerprint density at radius 1 is 0.970 bits per heavy atom. The summed E-state index contributed by atoms with van der Waals surface area (Å²) in [5, 5.41) is 0. The van der Waals surface area contributed by atoms with E-state index in [4.69, 9.17) is 0 Å². The largest absolute Gasteiger partial charge is 0.338 e. The second-order valence-electron chi connectivity index (χ2n) is 9.29. The highest BCUT2D eigenvalue weighted by Crippen LogP contribution is 2.25. The van der Waals surface area contributed by atoms with Crippen LogP contribution < -0.4 is 4.90 Å². The number of nitrogens with zero attached hydrogens (tertiary/aromatic N) is 7. The molecule has 3 aliphatic rings. The molecular weight excluding hydrogens is 442 g/mol. The molecule has 4 rings (SSSR count). The van der Waals surface area contributed by atoms with Gasteiger partial charge in [-0.15, -0.1) is 0 Å². The van der Waals surface area contributed by atoms with Crippen LogP contribution in [0.3, 0.4) is 0 Å². The van der Waals surface area contributed by atoms with Gasteiger partial charge in [0, 0.05) is 77.8 Å². The van der Waals surface area contributed by atoms with Gasteiger partial charge in [-0.1, -0.05) is 19.3 Å². The van der Waals surface area contributed by atoms with E-state index in [1.54, 1.807) is 34.1 Å². The molecule has 0 spiro atoms. The van der Waals surface area contributed by atoms with Crippen LogP contribution in [0.1, 0.15) is 39.0 Å². The molecule has 1 aromatic rings. The van der Waals surface area contributed by atoms with Crippen molar-refractivity contribution in [3.8, 4) is 0 Å². The van der Waals surface area contributed by atoms with E-state index in [0.29, 0.717) is 58.3 Å². The van der Waals surface area contributed by atoms with E-state index in [1.807, 2.05) is 11.8 Å². The van der Waals surface area contributed by atoms with E-state index in [0.717, 1.165) is 25.7 Å². The summed E-state index contributed by atoms with van der Waals surface area (Å²) in [6.07, 6.45) is 8.76. The lowest BCUT2D eigenvalue weighted by atomic mass is 9.96. The lowest BCUT2D eigenvalue weighted by molar-refractivity contribution is -0.137. The van der Waals surface area contributed by atoms with Crippen molar-refractivity contribution < 1.29 is 13.2 Å². The fourth-order valence-electron chi connectivity index (χ4n) is 5.14. The van der Waals surface area contributed by atoms with Gasteiger partial charge in [0.1, 0.15) is 0 Å². The Morgan fingerprint density at radius 3 is 2.18 bits per heavy atom. The topological polar surface area (TPSA) is 93.2 Å². The maximum absolute atomic E-state index is 13.1. The minimum atomic E-state index is -3.46. The van der Waals surface area contributed by atoms with Gasteiger partial charge >= 0.3 is 0 Å². The van der Waals surface area contributed by atoms with Crippen LogP contribution in [0.15, 0.2) is 18.5 Å². The van der Waals surface area contributed by atoms with E-state index < -0.39 is 10.2 Å². The van der Waals surface area contributed by atoms with Crippen molar-refractivity contribution in [1.82, 2.24) is 28.4 Å². The Morgan fingerprint density at radius 2 is 1.58 bits per heavy atom. The Labute approximate surface area is 197 Å². The van der Waals surface area contributed by atoms with Crippen molar-refractivity contribution in [2.45, 2.75) is 51.1 Å². The lowest BCUT2D eigenvalue weighted by Gasteiger charge is -2.42. The van der Waals surface area contributed by atoms with Crippen molar-refractivity contribution in [2.24, 2.45) is 0 Å². The molecule has 2 saturated heterocycles. The smallest absolute Gasteiger partial charge is 0.282 e. The van der Waals surface area contributed by atoms with E-state index in [9.17, 15) is 13.2 Å². The first-order valence-electron chi connectivity index (χ1n) is 12.2. The SMILES string of the molecule is CC(C(=O)N1CCN(c2ncccn2)CC1)N1CCN(S(=O)(=O)N(C)C2CCCCC2)CC1. The predicted octanol–water partition coefficient (Wildman–Crippen LogP) is 0.641. The maximum atomic E-state index is 13.1. The first-order valence-corrected chi connectivity index (χ1v) is 13.6. The zero-order chi connectivity index (χ0) is 23.4. The molecule has 3 heterocycles. The van der Waals surface area contributed by atoms with Crippen molar-refractivity contribution >= 4 is 22.1 Å². The molecule has 0 bridgehead atoms. The van der Waals surface area contributed by atoms with E-state index in [2.05, 4.69) is 19.8 Å². The molecule has 0 aromatic carbocycles. The molecule has 0 N–H and O–H groups in total. The van der Waals surface area contributed by atoms with Crippen LogP contribution in [0.2, 0.25) is 0 Å². The van der Waals surface area contributed by atoms with Gasteiger partial charge in [-0.2, -0.15) is 17.0 Å². The third-order valence-electron chi connectivity index (χ3n) is 7.38. The van der Waals surface area contributed by atoms with Crippen LogP contribution in [0.4, 0.5) is 5.95 Å². The molecule has 3 fully saturated rings. The van der Waals surface area contributed by atoms with Gasteiger partial charge in [-0.25, -0.2) is 9.97 Å². The Kier molecular flexibility index (Phi) is 7.83. The average Bonchev–Trinajstić information content (AvgIpc) is 2.88. The Hall–Kier alpha value is -1.82. The van der Waals surface area contributed by atoms with E-state index >= 15 is 0 Å².